The fourth-order valence-electron chi connectivity index (χ4n) is 8.61. The fraction of sp³-hybridized carbons (Fsp3) is 0.333. The molecule has 0 saturated carbocycles. The SMILES string of the molecule is Cc1ccc(C(=O)OC[C@H]2O[C@H](n3cnc4c3NC=NC[C@@H]4O)C[C@@H]2OC(=O)c2ccc(C)cc2)cc1.Cc1ccc(C(=O)OC[C@H]2O[C@H](n3cnc4c3NC=NC[C@@H]4O)C[C@@H]2OC(=O)c2ccc(C)cc2)cc1. The average Bonchev–Trinajstić information content (AvgIpc) is 4.17. The summed E-state index contributed by atoms with van der Waals surface area (Å²) in [6.07, 6.45) is 1.03. The first-order valence-electron chi connectivity index (χ1n) is 24.1. The van der Waals surface area contributed by atoms with Gasteiger partial charge in [-0.3, -0.25) is 19.1 Å². The Hall–Kier alpha value is -8.04. The number of hydrogen-bond acceptors (Lipinski definition) is 18. The zero-order valence-corrected chi connectivity index (χ0v) is 41.1. The number of nitrogens with one attached hydrogen (secondary N) is 2. The van der Waals surface area contributed by atoms with Crippen LogP contribution < -0.4 is 10.6 Å². The summed E-state index contributed by atoms with van der Waals surface area (Å²) in [6.45, 7) is 7.91. The molecule has 6 aromatic rings. The van der Waals surface area contributed by atoms with E-state index in [0.29, 0.717) is 58.1 Å². The summed E-state index contributed by atoms with van der Waals surface area (Å²) in [5, 5.41) is 26.7. The van der Waals surface area contributed by atoms with Crippen LogP contribution >= 0.6 is 0 Å². The lowest BCUT2D eigenvalue weighted by Crippen LogP contribution is -2.32. The van der Waals surface area contributed by atoms with Crippen LogP contribution in [-0.4, -0.2) is 117 Å². The number of esters is 4. The molecule has 6 heterocycles. The number of benzene rings is 4. The van der Waals surface area contributed by atoms with Gasteiger partial charge in [0.2, 0.25) is 0 Å². The van der Waals surface area contributed by atoms with Crippen LogP contribution in [-0.2, 0) is 28.4 Å². The van der Waals surface area contributed by atoms with Crippen molar-refractivity contribution in [2.24, 2.45) is 9.98 Å². The molecular weight excluding hydrogens is 953 g/mol. The predicted octanol–water partition coefficient (Wildman–Crippen LogP) is 6.71. The van der Waals surface area contributed by atoms with Crippen LogP contribution in [0.15, 0.2) is 120 Å². The highest BCUT2D eigenvalue weighted by atomic mass is 16.6. The highest BCUT2D eigenvalue weighted by Crippen LogP contribution is 2.38. The molecule has 74 heavy (non-hydrogen) atoms. The topological polar surface area (TPSA) is 249 Å². The van der Waals surface area contributed by atoms with Crippen LogP contribution in [0.4, 0.5) is 11.6 Å². The molecule has 384 valence electrons. The van der Waals surface area contributed by atoms with Crippen molar-refractivity contribution < 1.29 is 57.8 Å². The fourth-order valence-corrected chi connectivity index (χ4v) is 8.61. The minimum absolute atomic E-state index is 0.108. The Morgan fingerprint density at radius 1 is 0.527 bits per heavy atom. The summed E-state index contributed by atoms with van der Waals surface area (Å²) in [4.78, 5) is 67.9. The van der Waals surface area contributed by atoms with Crippen molar-refractivity contribution in [1.29, 1.82) is 0 Å². The minimum atomic E-state index is -0.856. The van der Waals surface area contributed by atoms with E-state index in [1.165, 1.54) is 12.7 Å². The third-order valence-electron chi connectivity index (χ3n) is 12.8. The zero-order chi connectivity index (χ0) is 51.9. The van der Waals surface area contributed by atoms with Crippen molar-refractivity contribution in [2.45, 2.75) is 89.6 Å². The molecule has 20 heteroatoms. The summed E-state index contributed by atoms with van der Waals surface area (Å²) in [5.41, 5.74) is 6.70. The van der Waals surface area contributed by atoms with E-state index in [1.54, 1.807) is 70.3 Å². The van der Waals surface area contributed by atoms with Gasteiger partial charge in [-0.2, -0.15) is 0 Å². The monoisotopic (exact) mass is 1010 g/mol. The molecule has 4 N–H and O–H groups in total. The van der Waals surface area contributed by atoms with E-state index in [2.05, 4.69) is 30.6 Å². The molecule has 0 bridgehead atoms. The number of aryl methyl sites for hydroxylation is 4. The van der Waals surface area contributed by atoms with E-state index in [4.69, 9.17) is 28.4 Å². The number of aliphatic hydroxyl groups excluding tert-OH is 2. The van der Waals surface area contributed by atoms with Gasteiger partial charge in [0.25, 0.3) is 0 Å². The second kappa shape index (κ2) is 22.8. The summed E-state index contributed by atoms with van der Waals surface area (Å²) in [6, 6.07) is 28.3. The number of carbonyl (C=O) groups is 4. The Labute approximate surface area is 426 Å². The van der Waals surface area contributed by atoms with Crippen molar-refractivity contribution in [2.75, 3.05) is 36.9 Å². The number of aliphatic hydroxyl groups is 2. The largest absolute Gasteiger partial charge is 0.459 e. The van der Waals surface area contributed by atoms with Gasteiger partial charge in [0.1, 0.15) is 85.3 Å². The Bertz CT molecular complexity index is 2810. The van der Waals surface area contributed by atoms with Crippen LogP contribution in [0.1, 0.15) is 113 Å². The molecule has 0 amide bonds. The lowest BCUT2D eigenvalue weighted by atomic mass is 10.1. The lowest BCUT2D eigenvalue weighted by molar-refractivity contribution is -0.0568. The van der Waals surface area contributed by atoms with Crippen LogP contribution in [0.5, 0.6) is 0 Å². The maximum Gasteiger partial charge on any atom is 0.338 e. The molecule has 8 atom stereocenters. The number of rotatable bonds is 12. The van der Waals surface area contributed by atoms with E-state index < -0.39 is 73.0 Å². The summed E-state index contributed by atoms with van der Waals surface area (Å²) >= 11 is 0. The predicted molar refractivity (Wildman–Crippen MR) is 269 cm³/mol. The standard InChI is InChI=1S/2C27H28N4O6/c2*1-16-3-7-18(8-4-16)26(33)35-13-22-21(37-27(34)19-9-5-17(2)6-10-19)11-23(36-22)31-15-30-24-20(32)12-28-14-29-25(24)31/h2*3-10,14-15,20-23,32H,11-13H2,1-2H3,(H,28,29)/t2*20-,21-,22+,23-/m00/s1. The van der Waals surface area contributed by atoms with Gasteiger partial charge in [-0.15, -0.1) is 0 Å². The maximum atomic E-state index is 12.9. The molecule has 2 aromatic heterocycles. The Morgan fingerprint density at radius 2 is 0.851 bits per heavy atom. The van der Waals surface area contributed by atoms with Crippen LogP contribution in [0, 0.1) is 27.7 Å². The lowest BCUT2D eigenvalue weighted by Gasteiger charge is -2.19. The van der Waals surface area contributed by atoms with Gasteiger partial charge in [-0.25, -0.2) is 29.1 Å². The maximum absolute atomic E-state index is 12.9. The van der Waals surface area contributed by atoms with Crippen molar-refractivity contribution in [3.05, 3.63) is 166 Å². The normalized spacial score (nSPS) is 22.6. The van der Waals surface area contributed by atoms with Crippen LogP contribution in [0.25, 0.3) is 0 Å². The van der Waals surface area contributed by atoms with Crippen molar-refractivity contribution in [1.82, 2.24) is 19.1 Å². The number of fused-ring (bicyclic) bond motifs is 2. The molecule has 10 rings (SSSR count). The highest BCUT2D eigenvalue weighted by molar-refractivity contribution is 5.91. The second-order valence-electron chi connectivity index (χ2n) is 18.4. The third kappa shape index (κ3) is 11.9. The summed E-state index contributed by atoms with van der Waals surface area (Å²) in [7, 11) is 0. The Morgan fingerprint density at radius 3 is 1.19 bits per heavy atom. The molecule has 0 unspecified atom stereocenters. The molecule has 20 nitrogen and oxygen atoms in total. The molecule has 4 aliphatic heterocycles. The molecule has 4 aliphatic rings. The number of anilines is 2. The smallest absolute Gasteiger partial charge is 0.338 e. The first-order valence-corrected chi connectivity index (χ1v) is 24.1. The Balaban J connectivity index is 0.000000182. The first-order chi connectivity index (χ1) is 35.8. The molecule has 4 aromatic carbocycles. The summed E-state index contributed by atoms with van der Waals surface area (Å²) < 4.78 is 38.7. The summed E-state index contributed by atoms with van der Waals surface area (Å²) in [5.74, 6) is -0.885. The van der Waals surface area contributed by atoms with Gasteiger partial charge in [0.15, 0.2) is 0 Å². The third-order valence-corrected chi connectivity index (χ3v) is 12.8. The van der Waals surface area contributed by atoms with Gasteiger partial charge in [-0.05, 0) is 76.2 Å². The van der Waals surface area contributed by atoms with Crippen molar-refractivity contribution >= 4 is 48.2 Å². The van der Waals surface area contributed by atoms with Gasteiger partial charge in [-0.1, -0.05) is 70.8 Å². The van der Waals surface area contributed by atoms with Gasteiger partial charge in [0, 0.05) is 12.8 Å². The highest BCUT2D eigenvalue weighted by Gasteiger charge is 2.43. The number of carbonyl (C=O) groups excluding carboxylic acids is 4. The molecule has 2 fully saturated rings. The quantitative estimate of drug-likeness (QED) is 0.0734. The number of imidazole rings is 2. The van der Waals surface area contributed by atoms with Gasteiger partial charge < -0.3 is 49.3 Å². The molecular formula is C54H56N8O12. The minimum Gasteiger partial charge on any atom is -0.459 e. The number of hydrogen-bond donors (Lipinski definition) is 4. The van der Waals surface area contributed by atoms with E-state index >= 15 is 0 Å². The average molecular weight is 1010 g/mol. The number of nitrogens with zero attached hydrogens (tertiary/aromatic N) is 6. The van der Waals surface area contributed by atoms with E-state index in [0.717, 1.165) is 22.3 Å². The second-order valence-corrected chi connectivity index (χ2v) is 18.4. The van der Waals surface area contributed by atoms with E-state index in [-0.39, 0.29) is 26.3 Å². The number of aliphatic imine (C=N–C) groups is 2. The van der Waals surface area contributed by atoms with Gasteiger partial charge in [0.05, 0.1) is 60.7 Å². The van der Waals surface area contributed by atoms with Gasteiger partial charge >= 0.3 is 23.9 Å². The molecule has 0 spiro atoms. The molecule has 2 saturated heterocycles. The molecule has 0 radical (unpaired) electrons. The van der Waals surface area contributed by atoms with Crippen LogP contribution in [0.2, 0.25) is 0 Å². The first kappa shape index (κ1) is 50.9. The number of ether oxygens (including phenoxy) is 6. The van der Waals surface area contributed by atoms with E-state index in [9.17, 15) is 29.4 Å². The van der Waals surface area contributed by atoms with Crippen LogP contribution in [0.3, 0.4) is 0 Å². The van der Waals surface area contributed by atoms with E-state index in [1.807, 2.05) is 76.2 Å². The zero-order valence-electron chi connectivity index (χ0n) is 41.1. The molecule has 0 aliphatic carbocycles. The van der Waals surface area contributed by atoms with Crippen molar-refractivity contribution in [3.8, 4) is 0 Å². The number of aromatic nitrogens is 4. The van der Waals surface area contributed by atoms with Crippen molar-refractivity contribution in [3.63, 3.8) is 0 Å². The Kier molecular flexibility index (Phi) is 15.7.